The van der Waals surface area contributed by atoms with Crippen LogP contribution in [0.4, 0.5) is 5.82 Å². The van der Waals surface area contributed by atoms with Gasteiger partial charge in [-0.1, -0.05) is 51.1 Å². The van der Waals surface area contributed by atoms with Gasteiger partial charge in [0.2, 0.25) is 0 Å². The van der Waals surface area contributed by atoms with Crippen molar-refractivity contribution in [2.45, 2.75) is 27.2 Å². The summed E-state index contributed by atoms with van der Waals surface area (Å²) in [6, 6.07) is 10.5. The van der Waals surface area contributed by atoms with Crippen LogP contribution in [0, 0.1) is 5.92 Å². The number of hydrogen-bond acceptors (Lipinski definition) is 2. The quantitative estimate of drug-likeness (QED) is 0.834. The van der Waals surface area contributed by atoms with Crippen LogP contribution < -0.4 is 5.32 Å². The minimum atomic E-state index is 0.547. The number of nitrogens with one attached hydrogen (secondary N) is 1. The van der Waals surface area contributed by atoms with Crippen molar-refractivity contribution in [3.05, 3.63) is 42.0 Å². The number of rotatable bonds is 5. The van der Waals surface area contributed by atoms with Gasteiger partial charge in [0.05, 0.1) is 5.52 Å². The Hall–Kier alpha value is -1.83. The van der Waals surface area contributed by atoms with Gasteiger partial charge in [-0.3, -0.25) is 0 Å². The monoisotopic (exact) mass is 254 g/mol. The molecule has 2 nitrogen and oxygen atoms in total. The van der Waals surface area contributed by atoms with E-state index in [1.807, 2.05) is 6.07 Å². The van der Waals surface area contributed by atoms with Gasteiger partial charge < -0.3 is 5.32 Å². The fourth-order valence-electron chi connectivity index (χ4n) is 1.94. The van der Waals surface area contributed by atoms with Gasteiger partial charge in [-0.05, 0) is 24.5 Å². The molecule has 0 saturated carbocycles. The van der Waals surface area contributed by atoms with Crippen LogP contribution in [-0.4, -0.2) is 11.5 Å². The molecular formula is C17H22N2. The molecule has 0 aliphatic rings. The molecule has 1 N–H and O–H groups in total. The maximum Gasteiger partial charge on any atom is 0.133 e. The van der Waals surface area contributed by atoms with Crippen LogP contribution in [0.5, 0.6) is 0 Å². The highest BCUT2D eigenvalue weighted by Gasteiger charge is 2.04. The highest BCUT2D eigenvalue weighted by Crippen LogP contribution is 2.22. The lowest BCUT2D eigenvalue weighted by molar-refractivity contribution is 0.836. The highest BCUT2D eigenvalue weighted by molar-refractivity contribution is 5.84. The largest absolute Gasteiger partial charge is 0.370 e. The molecule has 100 valence electrons. The van der Waals surface area contributed by atoms with Crippen molar-refractivity contribution in [2.24, 2.45) is 5.92 Å². The smallest absolute Gasteiger partial charge is 0.133 e. The lowest BCUT2D eigenvalue weighted by Crippen LogP contribution is -2.04. The molecule has 0 saturated heterocycles. The Morgan fingerprint density at radius 1 is 1.26 bits per heavy atom. The predicted molar refractivity (Wildman–Crippen MR) is 84.4 cm³/mol. The van der Waals surface area contributed by atoms with E-state index >= 15 is 0 Å². The molecule has 0 spiro atoms. The van der Waals surface area contributed by atoms with Crippen LogP contribution in [0.1, 0.15) is 32.8 Å². The summed E-state index contributed by atoms with van der Waals surface area (Å²) in [5.41, 5.74) is 2.21. The number of nitrogens with zero attached hydrogens (tertiary/aromatic N) is 1. The molecule has 2 heteroatoms. The molecule has 0 unspecified atom stereocenters. The second kappa shape index (κ2) is 6.37. The number of allylic oxidation sites excluding steroid dienone is 1. The first-order valence-electron chi connectivity index (χ1n) is 7.02. The Labute approximate surface area is 115 Å². The van der Waals surface area contributed by atoms with Crippen LogP contribution in [0.15, 0.2) is 36.4 Å². The number of anilines is 1. The maximum absolute atomic E-state index is 4.73. The van der Waals surface area contributed by atoms with Crippen molar-refractivity contribution < 1.29 is 0 Å². The first-order chi connectivity index (χ1) is 9.20. The van der Waals surface area contributed by atoms with Gasteiger partial charge >= 0.3 is 0 Å². The van der Waals surface area contributed by atoms with Crippen molar-refractivity contribution in [2.75, 3.05) is 11.9 Å². The standard InChI is InChI=1S/C17H22N2/c1-4-11-18-17-15(10-9-13(2)3)12-14-7-5-6-8-16(14)19-17/h5-10,12-13H,4,11H2,1-3H3,(H,18,19)/b10-9-. The maximum atomic E-state index is 4.73. The third kappa shape index (κ3) is 3.57. The highest BCUT2D eigenvalue weighted by atomic mass is 15.0. The molecule has 19 heavy (non-hydrogen) atoms. The lowest BCUT2D eigenvalue weighted by Gasteiger charge is -2.10. The summed E-state index contributed by atoms with van der Waals surface area (Å²) in [6.07, 6.45) is 5.48. The summed E-state index contributed by atoms with van der Waals surface area (Å²) < 4.78 is 0. The molecule has 0 atom stereocenters. The van der Waals surface area contributed by atoms with E-state index in [0.717, 1.165) is 24.3 Å². The minimum absolute atomic E-state index is 0.547. The van der Waals surface area contributed by atoms with Crippen molar-refractivity contribution in [3.8, 4) is 0 Å². The number of benzene rings is 1. The number of pyridine rings is 1. The molecular weight excluding hydrogens is 232 g/mol. The number of hydrogen-bond donors (Lipinski definition) is 1. The Balaban J connectivity index is 2.44. The van der Waals surface area contributed by atoms with Crippen molar-refractivity contribution in [1.82, 2.24) is 4.98 Å². The summed E-state index contributed by atoms with van der Waals surface area (Å²) in [5.74, 6) is 1.53. The molecule has 1 aromatic heterocycles. The fourth-order valence-corrected chi connectivity index (χ4v) is 1.94. The van der Waals surface area contributed by atoms with Crippen LogP contribution in [0.2, 0.25) is 0 Å². The van der Waals surface area contributed by atoms with E-state index in [2.05, 4.69) is 62.5 Å². The number of para-hydroxylation sites is 1. The molecule has 2 aromatic rings. The molecule has 2 rings (SSSR count). The van der Waals surface area contributed by atoms with Crippen LogP contribution in [-0.2, 0) is 0 Å². The zero-order chi connectivity index (χ0) is 13.7. The van der Waals surface area contributed by atoms with E-state index in [1.54, 1.807) is 0 Å². The SMILES string of the molecule is CCCNc1nc2ccccc2cc1/C=C\C(C)C. The van der Waals surface area contributed by atoms with E-state index in [4.69, 9.17) is 4.98 Å². The topological polar surface area (TPSA) is 24.9 Å². The van der Waals surface area contributed by atoms with Crippen LogP contribution >= 0.6 is 0 Å². The molecule has 1 heterocycles. The second-order valence-corrected chi connectivity index (χ2v) is 5.15. The van der Waals surface area contributed by atoms with Gasteiger partial charge in [0.15, 0.2) is 0 Å². The molecule has 0 amide bonds. The Bertz CT molecular complexity index is 570. The Morgan fingerprint density at radius 2 is 2.05 bits per heavy atom. The van der Waals surface area contributed by atoms with Gasteiger partial charge in [-0.15, -0.1) is 0 Å². The molecule has 0 aliphatic carbocycles. The molecule has 0 fully saturated rings. The van der Waals surface area contributed by atoms with Crippen molar-refractivity contribution >= 4 is 22.8 Å². The van der Waals surface area contributed by atoms with Crippen LogP contribution in [0.3, 0.4) is 0 Å². The zero-order valence-electron chi connectivity index (χ0n) is 12.0. The number of aromatic nitrogens is 1. The fraction of sp³-hybridized carbons (Fsp3) is 0.353. The molecule has 0 radical (unpaired) electrons. The third-order valence-corrected chi connectivity index (χ3v) is 2.96. The molecule has 1 aromatic carbocycles. The minimum Gasteiger partial charge on any atom is -0.370 e. The average molecular weight is 254 g/mol. The summed E-state index contributed by atoms with van der Waals surface area (Å²) in [6.45, 7) is 7.49. The predicted octanol–water partition coefficient (Wildman–Crippen LogP) is 4.73. The summed E-state index contributed by atoms with van der Waals surface area (Å²) in [7, 11) is 0. The molecule has 0 bridgehead atoms. The van der Waals surface area contributed by atoms with E-state index < -0.39 is 0 Å². The summed E-state index contributed by atoms with van der Waals surface area (Å²) >= 11 is 0. The third-order valence-electron chi connectivity index (χ3n) is 2.96. The van der Waals surface area contributed by atoms with E-state index in [1.165, 1.54) is 10.9 Å². The van der Waals surface area contributed by atoms with Gasteiger partial charge in [0.1, 0.15) is 5.82 Å². The van der Waals surface area contributed by atoms with Crippen molar-refractivity contribution in [3.63, 3.8) is 0 Å². The summed E-state index contributed by atoms with van der Waals surface area (Å²) in [5, 5.41) is 4.60. The van der Waals surface area contributed by atoms with E-state index in [-0.39, 0.29) is 0 Å². The van der Waals surface area contributed by atoms with Crippen molar-refractivity contribution in [1.29, 1.82) is 0 Å². The Kier molecular flexibility index (Phi) is 4.56. The first-order valence-corrected chi connectivity index (χ1v) is 7.02. The molecule has 0 aliphatic heterocycles. The lowest BCUT2D eigenvalue weighted by atomic mass is 10.1. The first kappa shape index (κ1) is 13.6. The van der Waals surface area contributed by atoms with Gasteiger partial charge in [-0.25, -0.2) is 4.98 Å². The number of fused-ring (bicyclic) bond motifs is 1. The van der Waals surface area contributed by atoms with Gasteiger partial charge in [0.25, 0.3) is 0 Å². The van der Waals surface area contributed by atoms with E-state index in [0.29, 0.717) is 5.92 Å². The van der Waals surface area contributed by atoms with Crippen LogP contribution in [0.25, 0.3) is 17.0 Å². The zero-order valence-corrected chi connectivity index (χ0v) is 12.0. The summed E-state index contributed by atoms with van der Waals surface area (Å²) in [4.78, 5) is 4.73. The normalized spacial score (nSPS) is 11.6. The van der Waals surface area contributed by atoms with Gasteiger partial charge in [-0.2, -0.15) is 0 Å². The van der Waals surface area contributed by atoms with E-state index in [9.17, 15) is 0 Å². The second-order valence-electron chi connectivity index (χ2n) is 5.15. The average Bonchev–Trinajstić information content (AvgIpc) is 2.42. The van der Waals surface area contributed by atoms with Gasteiger partial charge in [0, 0.05) is 17.5 Å². The Morgan fingerprint density at radius 3 is 2.79 bits per heavy atom.